The highest BCUT2D eigenvalue weighted by Gasteiger charge is 2.14. The van der Waals surface area contributed by atoms with Crippen LogP contribution in [0.5, 0.6) is 0 Å². The van der Waals surface area contributed by atoms with Gasteiger partial charge in [-0.25, -0.2) is 4.98 Å². The van der Waals surface area contributed by atoms with Crippen molar-refractivity contribution < 1.29 is 9.21 Å². The predicted molar refractivity (Wildman–Crippen MR) is 133 cm³/mol. The second-order valence-corrected chi connectivity index (χ2v) is 8.93. The van der Waals surface area contributed by atoms with Crippen molar-refractivity contribution in [2.45, 2.75) is 19.8 Å². The van der Waals surface area contributed by atoms with Gasteiger partial charge in [0.15, 0.2) is 5.58 Å². The maximum absolute atomic E-state index is 13.0. The van der Waals surface area contributed by atoms with E-state index in [9.17, 15) is 4.79 Å². The Morgan fingerprint density at radius 3 is 2.47 bits per heavy atom. The molecule has 0 aliphatic carbocycles. The molecule has 0 radical (unpaired) electrons. The molecule has 0 unspecified atom stereocenters. The number of benzene rings is 4. The number of hydrogen-bond donors (Lipinski definition) is 1. The molecule has 0 atom stereocenters. The van der Waals surface area contributed by atoms with Crippen LogP contribution in [0, 0.1) is 0 Å². The molecule has 5 heteroatoms. The monoisotopic (exact) mass is 484 g/mol. The van der Waals surface area contributed by atoms with Crippen LogP contribution >= 0.6 is 15.9 Å². The largest absolute Gasteiger partial charge is 0.436 e. The second kappa shape index (κ2) is 8.24. The van der Waals surface area contributed by atoms with Gasteiger partial charge in [0.1, 0.15) is 5.52 Å². The van der Waals surface area contributed by atoms with Crippen molar-refractivity contribution in [3.8, 4) is 11.5 Å². The van der Waals surface area contributed by atoms with Crippen molar-refractivity contribution >= 4 is 49.4 Å². The Morgan fingerprint density at radius 1 is 0.938 bits per heavy atom. The maximum Gasteiger partial charge on any atom is 0.256 e. The lowest BCUT2D eigenvalue weighted by Gasteiger charge is -2.09. The first kappa shape index (κ1) is 20.5. The molecule has 0 spiro atoms. The third-order valence-corrected chi connectivity index (χ3v) is 6.27. The molecule has 1 amide bonds. The van der Waals surface area contributed by atoms with Gasteiger partial charge < -0.3 is 9.73 Å². The number of aromatic nitrogens is 1. The Labute approximate surface area is 194 Å². The van der Waals surface area contributed by atoms with Crippen molar-refractivity contribution in [3.05, 3.63) is 94.5 Å². The van der Waals surface area contributed by atoms with E-state index in [0.717, 1.165) is 20.8 Å². The summed E-state index contributed by atoms with van der Waals surface area (Å²) in [5.74, 6) is 0.875. The fraction of sp³-hybridized carbons (Fsp3) is 0.111. The zero-order chi connectivity index (χ0) is 22.2. The highest BCUT2D eigenvalue weighted by Crippen LogP contribution is 2.29. The van der Waals surface area contributed by atoms with Crippen molar-refractivity contribution in [2.24, 2.45) is 0 Å². The zero-order valence-electron chi connectivity index (χ0n) is 17.7. The molecule has 4 aromatic carbocycles. The standard InChI is InChI=1S/C27H21BrN2O2/c1-16(2)17-9-11-18(12-10-17)27-30-24-15-19(13-14-25(24)32-27)29-26(31)22-7-3-6-21-20(22)5-4-8-23(21)28/h3-16H,1-2H3,(H,29,31). The van der Waals surface area contributed by atoms with Crippen LogP contribution in [0.2, 0.25) is 0 Å². The highest BCUT2D eigenvalue weighted by molar-refractivity contribution is 9.10. The molecule has 1 heterocycles. The first-order valence-corrected chi connectivity index (χ1v) is 11.3. The van der Waals surface area contributed by atoms with E-state index in [4.69, 9.17) is 4.42 Å². The molecule has 0 saturated heterocycles. The summed E-state index contributed by atoms with van der Waals surface area (Å²) >= 11 is 3.56. The molecule has 0 fully saturated rings. The Kier molecular flexibility index (Phi) is 5.27. The van der Waals surface area contributed by atoms with Gasteiger partial charge in [-0.15, -0.1) is 0 Å². The summed E-state index contributed by atoms with van der Waals surface area (Å²) in [6, 6.07) is 25.3. The van der Waals surface area contributed by atoms with Gasteiger partial charge in [0.2, 0.25) is 5.89 Å². The van der Waals surface area contributed by atoms with Crippen molar-refractivity contribution in [1.82, 2.24) is 4.98 Å². The average Bonchev–Trinajstić information content (AvgIpc) is 3.22. The Hall–Kier alpha value is -3.44. The molecular formula is C27H21BrN2O2. The molecule has 0 saturated carbocycles. The third kappa shape index (κ3) is 3.80. The van der Waals surface area contributed by atoms with Crippen LogP contribution in [-0.4, -0.2) is 10.9 Å². The maximum atomic E-state index is 13.0. The number of carbonyl (C=O) groups excluding carboxylic acids is 1. The Bertz CT molecular complexity index is 1450. The lowest BCUT2D eigenvalue weighted by Crippen LogP contribution is -2.12. The van der Waals surface area contributed by atoms with Crippen LogP contribution in [0.15, 0.2) is 87.8 Å². The minimum absolute atomic E-state index is 0.166. The van der Waals surface area contributed by atoms with Gasteiger partial charge in [0, 0.05) is 21.3 Å². The summed E-state index contributed by atoms with van der Waals surface area (Å²) in [7, 11) is 0. The molecule has 0 aliphatic heterocycles. The lowest BCUT2D eigenvalue weighted by atomic mass is 10.0. The van der Waals surface area contributed by atoms with E-state index >= 15 is 0 Å². The van der Waals surface area contributed by atoms with E-state index in [1.165, 1.54) is 5.56 Å². The summed E-state index contributed by atoms with van der Waals surface area (Å²) < 4.78 is 6.90. The lowest BCUT2D eigenvalue weighted by molar-refractivity contribution is 0.102. The number of oxazole rings is 1. The normalized spacial score (nSPS) is 11.4. The zero-order valence-corrected chi connectivity index (χ0v) is 19.3. The minimum Gasteiger partial charge on any atom is -0.436 e. The number of halogens is 1. The number of hydrogen-bond acceptors (Lipinski definition) is 3. The molecule has 0 bridgehead atoms. The molecule has 4 nitrogen and oxygen atoms in total. The number of rotatable bonds is 4. The van der Waals surface area contributed by atoms with E-state index in [2.05, 4.69) is 52.2 Å². The van der Waals surface area contributed by atoms with E-state index in [-0.39, 0.29) is 5.91 Å². The summed E-state index contributed by atoms with van der Waals surface area (Å²) in [6.07, 6.45) is 0. The first-order chi connectivity index (χ1) is 15.5. The number of anilines is 1. The first-order valence-electron chi connectivity index (χ1n) is 10.5. The summed E-state index contributed by atoms with van der Waals surface area (Å²) in [5.41, 5.74) is 4.87. The smallest absolute Gasteiger partial charge is 0.256 e. The molecule has 0 aliphatic rings. The fourth-order valence-corrected chi connectivity index (χ4v) is 4.31. The number of carbonyl (C=O) groups is 1. The average molecular weight is 485 g/mol. The van der Waals surface area contributed by atoms with Crippen LogP contribution < -0.4 is 5.32 Å². The van der Waals surface area contributed by atoms with Gasteiger partial charge in [-0.3, -0.25) is 4.79 Å². The molecule has 5 aromatic rings. The summed E-state index contributed by atoms with van der Waals surface area (Å²) in [6.45, 7) is 4.34. The molecular weight excluding hydrogens is 464 g/mol. The molecule has 5 rings (SSSR count). The summed E-state index contributed by atoms with van der Waals surface area (Å²) in [4.78, 5) is 17.7. The van der Waals surface area contributed by atoms with E-state index < -0.39 is 0 Å². The molecule has 1 aromatic heterocycles. The van der Waals surface area contributed by atoms with Gasteiger partial charge in [0.05, 0.1) is 0 Å². The van der Waals surface area contributed by atoms with Gasteiger partial charge >= 0.3 is 0 Å². The van der Waals surface area contributed by atoms with Crippen LogP contribution in [-0.2, 0) is 0 Å². The molecule has 1 N–H and O–H groups in total. The SMILES string of the molecule is CC(C)c1ccc(-c2nc3cc(NC(=O)c4cccc5c(Br)cccc45)ccc3o2)cc1. The molecule has 158 valence electrons. The molecule has 32 heavy (non-hydrogen) atoms. The summed E-state index contributed by atoms with van der Waals surface area (Å²) in [5, 5.41) is 4.89. The second-order valence-electron chi connectivity index (χ2n) is 8.07. The van der Waals surface area contributed by atoms with E-state index in [1.54, 1.807) is 0 Å². The van der Waals surface area contributed by atoms with Gasteiger partial charge in [-0.05, 0) is 64.7 Å². The van der Waals surface area contributed by atoms with Crippen LogP contribution in [0.3, 0.4) is 0 Å². The van der Waals surface area contributed by atoms with Gasteiger partial charge in [-0.1, -0.05) is 66.2 Å². The minimum atomic E-state index is -0.166. The number of nitrogens with one attached hydrogen (secondary N) is 1. The Balaban J connectivity index is 1.43. The predicted octanol–water partition coefficient (Wildman–Crippen LogP) is 7.79. The van der Waals surface area contributed by atoms with E-state index in [1.807, 2.05) is 66.7 Å². The quantitative estimate of drug-likeness (QED) is 0.283. The van der Waals surface area contributed by atoms with Crippen molar-refractivity contribution in [3.63, 3.8) is 0 Å². The fourth-order valence-electron chi connectivity index (χ4n) is 3.81. The third-order valence-electron chi connectivity index (χ3n) is 5.58. The topological polar surface area (TPSA) is 55.1 Å². The van der Waals surface area contributed by atoms with Crippen molar-refractivity contribution in [1.29, 1.82) is 0 Å². The van der Waals surface area contributed by atoms with Crippen LogP contribution in [0.4, 0.5) is 5.69 Å². The van der Waals surface area contributed by atoms with Gasteiger partial charge in [-0.2, -0.15) is 0 Å². The van der Waals surface area contributed by atoms with Gasteiger partial charge in [0.25, 0.3) is 5.91 Å². The van der Waals surface area contributed by atoms with Crippen LogP contribution in [0.25, 0.3) is 33.3 Å². The van der Waals surface area contributed by atoms with Crippen molar-refractivity contribution in [2.75, 3.05) is 5.32 Å². The Morgan fingerprint density at radius 2 is 1.69 bits per heavy atom. The number of nitrogens with zero attached hydrogens (tertiary/aromatic N) is 1. The van der Waals surface area contributed by atoms with Crippen LogP contribution in [0.1, 0.15) is 35.7 Å². The van der Waals surface area contributed by atoms with E-state index in [0.29, 0.717) is 34.2 Å². The number of fused-ring (bicyclic) bond motifs is 2. The highest BCUT2D eigenvalue weighted by atomic mass is 79.9. The number of amides is 1.